The van der Waals surface area contributed by atoms with E-state index in [1.54, 1.807) is 9.25 Å². The van der Waals surface area contributed by atoms with E-state index in [1.165, 1.54) is 12.1 Å². The minimum absolute atomic E-state index is 0.0767. The number of hydrogen-bond acceptors (Lipinski definition) is 3. The van der Waals surface area contributed by atoms with Gasteiger partial charge in [-0.15, -0.1) is 0 Å². The van der Waals surface area contributed by atoms with Gasteiger partial charge in [0.1, 0.15) is 17.5 Å². The minimum atomic E-state index is -0.637. The summed E-state index contributed by atoms with van der Waals surface area (Å²) in [5.74, 6) is -0.595. The van der Waals surface area contributed by atoms with Crippen LogP contribution in [0.4, 0.5) is 8.78 Å². The number of aromatic nitrogens is 3. The SMILES string of the molecule is N#CCC12CC(n3nc4n(c3=O)C(c3cc(F)cc(F)c3)CC4)(C1)C2. The molecule has 1 unspecified atom stereocenters. The summed E-state index contributed by atoms with van der Waals surface area (Å²) in [4.78, 5) is 13.0. The van der Waals surface area contributed by atoms with Gasteiger partial charge in [0, 0.05) is 18.9 Å². The van der Waals surface area contributed by atoms with Crippen LogP contribution in [0.1, 0.15) is 49.5 Å². The van der Waals surface area contributed by atoms with E-state index in [1.807, 2.05) is 0 Å². The lowest BCUT2D eigenvalue weighted by Crippen LogP contribution is -2.69. The quantitative estimate of drug-likeness (QED) is 0.861. The first kappa shape index (κ1) is 14.8. The van der Waals surface area contributed by atoms with Crippen LogP contribution in [-0.4, -0.2) is 14.3 Å². The van der Waals surface area contributed by atoms with Gasteiger partial charge in [-0.05, 0) is 48.8 Å². The second-order valence-corrected chi connectivity index (χ2v) is 7.83. The van der Waals surface area contributed by atoms with Gasteiger partial charge in [-0.2, -0.15) is 10.4 Å². The fourth-order valence-electron chi connectivity index (χ4n) is 5.21. The highest BCUT2D eigenvalue weighted by Crippen LogP contribution is 2.72. The molecule has 2 aromatic rings. The van der Waals surface area contributed by atoms with Gasteiger partial charge < -0.3 is 0 Å². The Morgan fingerprint density at radius 3 is 2.56 bits per heavy atom. The summed E-state index contributed by atoms with van der Waals surface area (Å²) in [5.41, 5.74) is 0.0972. The fraction of sp³-hybridized carbons (Fsp3) is 0.500. The third-order valence-corrected chi connectivity index (χ3v) is 6.12. The van der Waals surface area contributed by atoms with Crippen LogP contribution < -0.4 is 5.69 Å². The van der Waals surface area contributed by atoms with Gasteiger partial charge in [-0.1, -0.05) is 0 Å². The van der Waals surface area contributed by atoms with Gasteiger partial charge in [-0.3, -0.25) is 4.57 Å². The van der Waals surface area contributed by atoms with E-state index in [0.717, 1.165) is 25.3 Å². The van der Waals surface area contributed by atoms with E-state index in [2.05, 4.69) is 11.2 Å². The number of fused-ring (bicyclic) bond motifs is 1. The van der Waals surface area contributed by atoms with Crippen LogP contribution in [0.2, 0.25) is 0 Å². The molecule has 1 aromatic heterocycles. The number of benzene rings is 1. The molecular weight excluding hydrogens is 326 g/mol. The highest BCUT2D eigenvalue weighted by Gasteiger charge is 2.70. The maximum Gasteiger partial charge on any atom is 0.347 e. The Morgan fingerprint density at radius 2 is 1.92 bits per heavy atom. The highest BCUT2D eigenvalue weighted by atomic mass is 19.1. The van der Waals surface area contributed by atoms with Crippen LogP contribution in [0.5, 0.6) is 0 Å². The molecule has 0 spiro atoms. The maximum atomic E-state index is 13.6. The minimum Gasteiger partial charge on any atom is -0.271 e. The van der Waals surface area contributed by atoms with Crippen molar-refractivity contribution in [2.45, 2.75) is 50.1 Å². The molecule has 3 saturated carbocycles. The number of hydrogen-bond donors (Lipinski definition) is 0. The molecule has 0 N–H and O–H groups in total. The lowest BCUT2D eigenvalue weighted by Gasteiger charge is -2.69. The summed E-state index contributed by atoms with van der Waals surface area (Å²) >= 11 is 0. The Morgan fingerprint density at radius 1 is 1.24 bits per heavy atom. The molecule has 3 aliphatic carbocycles. The average molecular weight is 342 g/mol. The fourth-order valence-corrected chi connectivity index (χ4v) is 5.21. The molecule has 0 radical (unpaired) electrons. The van der Waals surface area contributed by atoms with Crippen LogP contribution in [0.25, 0.3) is 0 Å². The summed E-state index contributed by atoms with van der Waals surface area (Å²) in [6, 6.07) is 5.26. The molecule has 3 fully saturated rings. The van der Waals surface area contributed by atoms with E-state index in [0.29, 0.717) is 30.7 Å². The first-order valence-corrected chi connectivity index (χ1v) is 8.49. The highest BCUT2D eigenvalue weighted by molar-refractivity contribution is 5.26. The molecule has 1 aliphatic heterocycles. The Labute approximate surface area is 142 Å². The average Bonchev–Trinajstić information content (AvgIpc) is 3.01. The van der Waals surface area contributed by atoms with Crippen molar-refractivity contribution in [3.05, 3.63) is 51.7 Å². The summed E-state index contributed by atoms with van der Waals surface area (Å²) in [6.45, 7) is 0. The Hall–Kier alpha value is -2.49. The molecule has 1 atom stereocenters. The molecule has 6 rings (SSSR count). The number of rotatable bonds is 3. The van der Waals surface area contributed by atoms with Crippen molar-refractivity contribution in [2.75, 3.05) is 0 Å². The van der Waals surface area contributed by atoms with E-state index in [-0.39, 0.29) is 22.7 Å². The molecule has 2 bridgehead atoms. The summed E-state index contributed by atoms with van der Waals surface area (Å²) < 4.78 is 30.3. The maximum absolute atomic E-state index is 13.6. The zero-order chi connectivity index (χ0) is 17.4. The largest absolute Gasteiger partial charge is 0.347 e. The summed E-state index contributed by atoms with van der Waals surface area (Å²) in [5, 5.41) is 13.4. The van der Waals surface area contributed by atoms with Gasteiger partial charge in [-0.25, -0.2) is 18.3 Å². The van der Waals surface area contributed by atoms with Crippen LogP contribution >= 0.6 is 0 Å². The van der Waals surface area contributed by atoms with E-state index < -0.39 is 11.6 Å². The molecule has 5 nitrogen and oxygen atoms in total. The first-order chi connectivity index (χ1) is 12.0. The molecule has 2 heterocycles. The second-order valence-electron chi connectivity index (χ2n) is 7.83. The van der Waals surface area contributed by atoms with Crippen molar-refractivity contribution in [2.24, 2.45) is 5.41 Å². The van der Waals surface area contributed by atoms with Gasteiger partial charge >= 0.3 is 5.69 Å². The lowest BCUT2D eigenvalue weighted by atomic mass is 9.38. The summed E-state index contributed by atoms with van der Waals surface area (Å²) in [7, 11) is 0. The van der Waals surface area contributed by atoms with Crippen molar-refractivity contribution in [1.29, 1.82) is 5.26 Å². The number of halogens is 2. The smallest absolute Gasteiger partial charge is 0.271 e. The molecule has 0 saturated heterocycles. The van der Waals surface area contributed by atoms with Crippen molar-refractivity contribution in [3.8, 4) is 6.07 Å². The van der Waals surface area contributed by atoms with Crippen LogP contribution in [0.15, 0.2) is 23.0 Å². The monoisotopic (exact) mass is 342 g/mol. The van der Waals surface area contributed by atoms with Gasteiger partial charge in [0.2, 0.25) is 0 Å². The lowest BCUT2D eigenvalue weighted by molar-refractivity contribution is -0.191. The van der Waals surface area contributed by atoms with Crippen molar-refractivity contribution in [1.82, 2.24) is 14.3 Å². The van der Waals surface area contributed by atoms with Crippen LogP contribution in [-0.2, 0) is 12.0 Å². The predicted octanol–water partition coefficient (Wildman–Crippen LogP) is 2.65. The topological polar surface area (TPSA) is 63.6 Å². The first-order valence-electron chi connectivity index (χ1n) is 8.49. The Balaban J connectivity index is 1.51. The Bertz CT molecular complexity index is 959. The van der Waals surface area contributed by atoms with E-state index in [4.69, 9.17) is 5.26 Å². The predicted molar refractivity (Wildman–Crippen MR) is 83.8 cm³/mol. The normalized spacial score (nSPS) is 31.8. The molecular formula is C18H16F2N4O. The van der Waals surface area contributed by atoms with Crippen molar-refractivity contribution < 1.29 is 8.78 Å². The third-order valence-electron chi connectivity index (χ3n) is 6.12. The zero-order valence-corrected chi connectivity index (χ0v) is 13.5. The summed E-state index contributed by atoms with van der Waals surface area (Å²) in [6.07, 6.45) is 4.23. The number of aryl methyl sites for hydroxylation is 1. The molecule has 0 amide bonds. The van der Waals surface area contributed by atoms with Gasteiger partial charge in [0.25, 0.3) is 0 Å². The zero-order valence-electron chi connectivity index (χ0n) is 13.5. The number of nitriles is 1. The molecule has 4 aliphatic rings. The van der Waals surface area contributed by atoms with Crippen LogP contribution in [0.3, 0.4) is 0 Å². The molecule has 128 valence electrons. The molecule has 7 heteroatoms. The van der Waals surface area contributed by atoms with Crippen molar-refractivity contribution in [3.63, 3.8) is 0 Å². The Kier molecular flexibility index (Phi) is 2.71. The van der Waals surface area contributed by atoms with Crippen molar-refractivity contribution >= 4 is 0 Å². The van der Waals surface area contributed by atoms with E-state index in [9.17, 15) is 13.6 Å². The third kappa shape index (κ3) is 1.85. The second kappa shape index (κ2) is 4.57. The van der Waals surface area contributed by atoms with Gasteiger partial charge in [0.15, 0.2) is 0 Å². The number of nitrogens with zero attached hydrogens (tertiary/aromatic N) is 4. The van der Waals surface area contributed by atoms with E-state index >= 15 is 0 Å². The standard InChI is InChI=1S/C18H16F2N4O/c19-12-5-11(6-13(20)7-12)14-1-2-15-22-24(16(25)23(14)15)18-8-17(9-18,10-18)3-4-21/h5-7,14H,1-3,8-10H2. The van der Waals surface area contributed by atoms with Crippen LogP contribution in [0, 0.1) is 28.4 Å². The molecule has 25 heavy (non-hydrogen) atoms. The van der Waals surface area contributed by atoms with Gasteiger partial charge in [0.05, 0.1) is 17.6 Å². The molecule has 1 aromatic carbocycles.